The van der Waals surface area contributed by atoms with Gasteiger partial charge in [-0.3, -0.25) is 19.8 Å². The van der Waals surface area contributed by atoms with E-state index in [4.69, 9.17) is 9.15 Å². The van der Waals surface area contributed by atoms with Crippen LogP contribution in [0.1, 0.15) is 28.4 Å². The lowest BCUT2D eigenvalue weighted by molar-refractivity contribution is -0.130. The van der Waals surface area contributed by atoms with E-state index < -0.39 is 11.3 Å². The van der Waals surface area contributed by atoms with Gasteiger partial charge in [0.1, 0.15) is 11.5 Å². The van der Waals surface area contributed by atoms with Gasteiger partial charge >= 0.3 is 0 Å². The summed E-state index contributed by atoms with van der Waals surface area (Å²) in [5.74, 6) is 0.147. The van der Waals surface area contributed by atoms with Crippen molar-refractivity contribution >= 4 is 35.2 Å². The maximum atomic E-state index is 12.7. The van der Waals surface area contributed by atoms with Crippen molar-refractivity contribution in [2.45, 2.75) is 12.3 Å². The van der Waals surface area contributed by atoms with Gasteiger partial charge in [-0.1, -0.05) is 0 Å². The standard InChI is InChI=1S/C17H17N3O5S/c1-10(21)18-11-5-6-12(14(8-11)24-2)16(23)19-20-15(22)9-26-17(20)13-4-3-7-25-13/h3-8,17H,9H2,1-2H3,(H,18,21)(H,19,23). The average Bonchev–Trinajstić information content (AvgIpc) is 3.25. The summed E-state index contributed by atoms with van der Waals surface area (Å²) in [5.41, 5.74) is 3.36. The van der Waals surface area contributed by atoms with Crippen LogP contribution in [-0.2, 0) is 9.59 Å². The van der Waals surface area contributed by atoms with E-state index in [1.54, 1.807) is 24.3 Å². The molecule has 1 unspecified atom stereocenters. The number of carbonyl (C=O) groups is 3. The minimum absolute atomic E-state index is 0.224. The van der Waals surface area contributed by atoms with Crippen LogP contribution in [0.4, 0.5) is 5.69 Å². The molecule has 2 heterocycles. The van der Waals surface area contributed by atoms with Gasteiger partial charge < -0.3 is 14.5 Å². The number of thioether (sulfide) groups is 1. The van der Waals surface area contributed by atoms with Crippen molar-refractivity contribution in [2.24, 2.45) is 0 Å². The van der Waals surface area contributed by atoms with Crippen LogP contribution >= 0.6 is 11.8 Å². The first kappa shape index (κ1) is 17.9. The number of nitrogens with zero attached hydrogens (tertiary/aromatic N) is 1. The second-order valence-corrected chi connectivity index (χ2v) is 6.55. The summed E-state index contributed by atoms with van der Waals surface area (Å²) in [6, 6.07) is 8.12. The summed E-state index contributed by atoms with van der Waals surface area (Å²) in [5, 5.41) is 3.45. The van der Waals surface area contributed by atoms with E-state index in [-0.39, 0.29) is 28.9 Å². The monoisotopic (exact) mass is 375 g/mol. The van der Waals surface area contributed by atoms with E-state index in [0.717, 1.165) is 0 Å². The molecule has 136 valence electrons. The minimum atomic E-state index is -0.497. The smallest absolute Gasteiger partial charge is 0.273 e. The molecule has 2 N–H and O–H groups in total. The molecule has 0 saturated carbocycles. The number of furan rings is 1. The van der Waals surface area contributed by atoms with Crippen molar-refractivity contribution in [3.63, 3.8) is 0 Å². The van der Waals surface area contributed by atoms with E-state index in [2.05, 4.69) is 10.7 Å². The lowest BCUT2D eigenvalue weighted by Gasteiger charge is -2.23. The third-order valence-corrected chi connectivity index (χ3v) is 4.82. The van der Waals surface area contributed by atoms with Gasteiger partial charge in [0.2, 0.25) is 5.91 Å². The molecule has 9 heteroatoms. The molecule has 2 aromatic rings. The third kappa shape index (κ3) is 3.67. The fourth-order valence-electron chi connectivity index (χ4n) is 2.52. The highest BCUT2D eigenvalue weighted by atomic mass is 32.2. The molecule has 1 aromatic carbocycles. The average molecular weight is 375 g/mol. The zero-order valence-electron chi connectivity index (χ0n) is 14.1. The Balaban J connectivity index is 1.80. The molecule has 3 rings (SSSR count). The van der Waals surface area contributed by atoms with E-state index in [1.165, 1.54) is 43.1 Å². The zero-order valence-corrected chi connectivity index (χ0v) is 15.0. The van der Waals surface area contributed by atoms with Gasteiger partial charge in [-0.25, -0.2) is 5.01 Å². The first-order chi connectivity index (χ1) is 12.5. The number of hydrogen-bond acceptors (Lipinski definition) is 6. The number of hydrogen-bond donors (Lipinski definition) is 2. The van der Waals surface area contributed by atoms with Gasteiger partial charge in [0.05, 0.1) is 24.7 Å². The Morgan fingerprint density at radius 3 is 2.81 bits per heavy atom. The predicted molar refractivity (Wildman–Crippen MR) is 95.5 cm³/mol. The van der Waals surface area contributed by atoms with Crippen molar-refractivity contribution in [1.29, 1.82) is 0 Å². The molecule has 1 fully saturated rings. The van der Waals surface area contributed by atoms with Gasteiger partial charge in [0.25, 0.3) is 11.8 Å². The summed E-state index contributed by atoms with van der Waals surface area (Å²) >= 11 is 1.36. The van der Waals surface area contributed by atoms with Gasteiger partial charge in [0, 0.05) is 18.7 Å². The van der Waals surface area contributed by atoms with E-state index >= 15 is 0 Å². The molecule has 1 atom stereocenters. The van der Waals surface area contributed by atoms with Crippen LogP contribution < -0.4 is 15.5 Å². The fourth-order valence-corrected chi connectivity index (χ4v) is 3.57. The normalized spacial score (nSPS) is 16.5. The summed E-state index contributed by atoms with van der Waals surface area (Å²) in [4.78, 5) is 36.0. The maximum absolute atomic E-state index is 12.7. The van der Waals surface area contributed by atoms with Crippen LogP contribution in [0.15, 0.2) is 41.0 Å². The lowest BCUT2D eigenvalue weighted by atomic mass is 10.1. The predicted octanol–water partition coefficient (Wildman–Crippen LogP) is 2.17. The van der Waals surface area contributed by atoms with Crippen LogP contribution in [0, 0.1) is 0 Å². The van der Waals surface area contributed by atoms with Crippen molar-refractivity contribution < 1.29 is 23.5 Å². The summed E-state index contributed by atoms with van der Waals surface area (Å²) < 4.78 is 10.6. The van der Waals surface area contributed by atoms with Crippen LogP contribution in [0.25, 0.3) is 0 Å². The Kier molecular flexibility index (Phi) is 5.17. The molecule has 0 bridgehead atoms. The second kappa shape index (κ2) is 7.52. The van der Waals surface area contributed by atoms with Gasteiger partial charge in [0.15, 0.2) is 5.37 Å². The van der Waals surface area contributed by atoms with Crippen LogP contribution in [0.5, 0.6) is 5.75 Å². The molecule has 0 spiro atoms. The summed E-state index contributed by atoms with van der Waals surface area (Å²) in [6.45, 7) is 1.39. The van der Waals surface area contributed by atoms with Crippen LogP contribution in [0.3, 0.4) is 0 Å². The first-order valence-electron chi connectivity index (χ1n) is 7.73. The molecule has 3 amide bonds. The molecule has 1 saturated heterocycles. The highest BCUT2D eigenvalue weighted by Gasteiger charge is 2.36. The van der Waals surface area contributed by atoms with E-state index in [1.807, 2.05) is 0 Å². The Bertz CT molecular complexity index is 837. The van der Waals surface area contributed by atoms with E-state index in [0.29, 0.717) is 11.4 Å². The Labute approximate surface area is 153 Å². The topological polar surface area (TPSA) is 101 Å². The Hall–Kier alpha value is -2.94. The van der Waals surface area contributed by atoms with Gasteiger partial charge in [-0.05, 0) is 24.3 Å². The second-order valence-electron chi connectivity index (χ2n) is 5.48. The number of ether oxygens (including phenoxy) is 1. The number of rotatable bonds is 5. The highest BCUT2D eigenvalue weighted by Crippen LogP contribution is 2.37. The number of anilines is 1. The first-order valence-corrected chi connectivity index (χ1v) is 8.78. The van der Waals surface area contributed by atoms with Gasteiger partial charge in [-0.15, -0.1) is 11.8 Å². The van der Waals surface area contributed by atoms with Crippen molar-refractivity contribution in [1.82, 2.24) is 10.4 Å². The number of methoxy groups -OCH3 is 1. The Morgan fingerprint density at radius 1 is 1.35 bits per heavy atom. The number of hydrazine groups is 1. The van der Waals surface area contributed by atoms with E-state index in [9.17, 15) is 14.4 Å². The van der Waals surface area contributed by atoms with Crippen LogP contribution in [-0.4, -0.2) is 35.6 Å². The highest BCUT2D eigenvalue weighted by molar-refractivity contribution is 8.00. The fraction of sp³-hybridized carbons (Fsp3) is 0.235. The van der Waals surface area contributed by atoms with Gasteiger partial charge in [-0.2, -0.15) is 0 Å². The van der Waals surface area contributed by atoms with Crippen molar-refractivity contribution in [2.75, 3.05) is 18.2 Å². The quantitative estimate of drug-likeness (QED) is 0.831. The maximum Gasteiger partial charge on any atom is 0.273 e. The Morgan fingerprint density at radius 2 is 2.15 bits per heavy atom. The van der Waals surface area contributed by atoms with Crippen molar-refractivity contribution in [3.05, 3.63) is 47.9 Å². The lowest BCUT2D eigenvalue weighted by Crippen LogP contribution is -2.44. The minimum Gasteiger partial charge on any atom is -0.496 e. The number of amides is 3. The van der Waals surface area contributed by atoms with Crippen LogP contribution in [0.2, 0.25) is 0 Å². The molecule has 1 aliphatic heterocycles. The number of nitrogens with one attached hydrogen (secondary N) is 2. The SMILES string of the molecule is COc1cc(NC(C)=O)ccc1C(=O)NN1C(=O)CSC1c1ccco1. The number of benzene rings is 1. The third-order valence-electron chi connectivity index (χ3n) is 3.64. The molecular weight excluding hydrogens is 358 g/mol. The molecule has 1 aliphatic rings. The summed E-state index contributed by atoms with van der Waals surface area (Å²) in [6.07, 6.45) is 1.52. The molecular formula is C17H17N3O5S. The number of carbonyl (C=O) groups excluding carboxylic acids is 3. The molecule has 8 nitrogen and oxygen atoms in total. The molecule has 0 radical (unpaired) electrons. The summed E-state index contributed by atoms with van der Waals surface area (Å²) in [7, 11) is 1.42. The largest absolute Gasteiger partial charge is 0.496 e. The van der Waals surface area contributed by atoms with Crippen molar-refractivity contribution in [3.8, 4) is 5.75 Å². The molecule has 0 aliphatic carbocycles. The zero-order chi connectivity index (χ0) is 18.7. The molecule has 1 aromatic heterocycles. The molecule has 26 heavy (non-hydrogen) atoms.